The standard InChI is InChI=1S/C20H24N2O.ClH/c1-22-11-5-6-15(14-22)12-16-8-4-9-18-20(16)23-19-10-3-2-7-17(19)13-21-18;/h2-4,7-10,13,15-16,20H,5-6,11-12,14H2,1H3;1H. The molecule has 4 heteroatoms. The van der Waals surface area contributed by atoms with Gasteiger partial charge in [0, 0.05) is 24.2 Å². The molecule has 4 rings (SSSR count). The summed E-state index contributed by atoms with van der Waals surface area (Å²) >= 11 is 0. The summed E-state index contributed by atoms with van der Waals surface area (Å²) in [6.07, 6.45) is 12.4. The van der Waals surface area contributed by atoms with Crippen molar-refractivity contribution in [2.45, 2.75) is 25.4 Å². The first kappa shape index (κ1) is 17.2. The Morgan fingerprint density at radius 3 is 3.04 bits per heavy atom. The molecule has 0 radical (unpaired) electrons. The molecule has 0 spiro atoms. The van der Waals surface area contributed by atoms with Crippen LogP contribution in [-0.2, 0) is 0 Å². The molecule has 3 aliphatic rings. The van der Waals surface area contributed by atoms with Crippen molar-refractivity contribution in [1.82, 2.24) is 4.90 Å². The highest BCUT2D eigenvalue weighted by atomic mass is 35.5. The van der Waals surface area contributed by atoms with Crippen LogP contribution >= 0.6 is 12.4 Å². The van der Waals surface area contributed by atoms with Crippen LogP contribution in [0.15, 0.2) is 53.2 Å². The smallest absolute Gasteiger partial charge is 0.147 e. The molecule has 24 heavy (non-hydrogen) atoms. The highest BCUT2D eigenvalue weighted by molar-refractivity contribution is 5.85. The molecule has 2 aliphatic heterocycles. The molecular weight excluding hydrogens is 320 g/mol. The Morgan fingerprint density at radius 2 is 2.17 bits per heavy atom. The van der Waals surface area contributed by atoms with Gasteiger partial charge in [-0.2, -0.15) is 0 Å². The van der Waals surface area contributed by atoms with Crippen LogP contribution in [0.25, 0.3) is 0 Å². The van der Waals surface area contributed by atoms with Gasteiger partial charge in [0.1, 0.15) is 11.9 Å². The van der Waals surface area contributed by atoms with Crippen molar-refractivity contribution in [3.8, 4) is 5.75 Å². The summed E-state index contributed by atoms with van der Waals surface area (Å²) in [5.41, 5.74) is 2.12. The summed E-state index contributed by atoms with van der Waals surface area (Å²) in [5.74, 6) is 2.12. The molecule has 0 bridgehead atoms. The van der Waals surface area contributed by atoms with Crippen LogP contribution in [0.1, 0.15) is 24.8 Å². The van der Waals surface area contributed by atoms with Crippen LogP contribution in [-0.4, -0.2) is 37.4 Å². The van der Waals surface area contributed by atoms with Crippen LogP contribution < -0.4 is 4.74 Å². The van der Waals surface area contributed by atoms with Gasteiger partial charge in [0.25, 0.3) is 0 Å². The third-order valence-corrected chi connectivity index (χ3v) is 5.16. The molecule has 0 aromatic heterocycles. The average molecular weight is 345 g/mol. The van der Waals surface area contributed by atoms with E-state index in [1.165, 1.54) is 32.4 Å². The van der Waals surface area contributed by atoms with E-state index in [0.29, 0.717) is 5.92 Å². The number of piperidine rings is 1. The Kier molecular flexibility index (Phi) is 5.42. The zero-order chi connectivity index (χ0) is 15.6. The summed E-state index contributed by atoms with van der Waals surface area (Å²) in [4.78, 5) is 7.15. The maximum Gasteiger partial charge on any atom is 0.147 e. The summed E-state index contributed by atoms with van der Waals surface area (Å²) < 4.78 is 6.38. The predicted octanol–water partition coefficient (Wildman–Crippen LogP) is 4.09. The monoisotopic (exact) mass is 344 g/mol. The third kappa shape index (κ3) is 3.57. The van der Waals surface area contributed by atoms with E-state index in [9.17, 15) is 0 Å². The topological polar surface area (TPSA) is 24.8 Å². The molecule has 1 aliphatic carbocycles. The summed E-state index contributed by atoms with van der Waals surface area (Å²) in [6, 6.07) is 8.18. The number of likely N-dealkylation sites (tertiary alicyclic amines) is 1. The van der Waals surface area contributed by atoms with Crippen molar-refractivity contribution in [2.24, 2.45) is 16.8 Å². The van der Waals surface area contributed by atoms with E-state index in [-0.39, 0.29) is 18.5 Å². The number of halogens is 1. The first-order valence-corrected chi connectivity index (χ1v) is 8.66. The van der Waals surface area contributed by atoms with E-state index in [2.05, 4.69) is 36.2 Å². The minimum absolute atomic E-state index is 0. The van der Waals surface area contributed by atoms with Crippen LogP contribution in [0.4, 0.5) is 0 Å². The lowest BCUT2D eigenvalue weighted by Crippen LogP contribution is -2.36. The van der Waals surface area contributed by atoms with Crippen molar-refractivity contribution in [3.05, 3.63) is 53.8 Å². The van der Waals surface area contributed by atoms with E-state index in [4.69, 9.17) is 9.73 Å². The molecule has 2 heterocycles. The van der Waals surface area contributed by atoms with Crippen molar-refractivity contribution in [2.75, 3.05) is 20.1 Å². The van der Waals surface area contributed by atoms with Crippen LogP contribution in [0.2, 0.25) is 0 Å². The molecule has 1 fully saturated rings. The van der Waals surface area contributed by atoms with Gasteiger partial charge >= 0.3 is 0 Å². The van der Waals surface area contributed by atoms with Gasteiger partial charge in [0.2, 0.25) is 0 Å². The summed E-state index contributed by atoms with van der Waals surface area (Å²) in [5, 5.41) is 0. The molecule has 0 saturated carbocycles. The first-order valence-electron chi connectivity index (χ1n) is 8.66. The second kappa shape index (κ2) is 7.54. The first-order chi connectivity index (χ1) is 11.3. The lowest BCUT2D eigenvalue weighted by molar-refractivity contribution is 0.139. The molecule has 1 aromatic carbocycles. The fourth-order valence-corrected chi connectivity index (χ4v) is 4.00. The number of hydrogen-bond donors (Lipinski definition) is 0. The Balaban J connectivity index is 0.00000169. The van der Waals surface area contributed by atoms with E-state index in [0.717, 1.165) is 22.9 Å². The maximum atomic E-state index is 6.38. The van der Waals surface area contributed by atoms with Crippen LogP contribution in [0.5, 0.6) is 5.75 Å². The Bertz CT molecular complexity index is 667. The zero-order valence-electron chi connectivity index (χ0n) is 14.1. The molecule has 1 saturated heterocycles. The SMILES string of the molecule is CN1CCCC(CC2C=CC=C3N=Cc4ccccc4OC32)C1.Cl. The van der Waals surface area contributed by atoms with Gasteiger partial charge in [-0.3, -0.25) is 4.99 Å². The fourth-order valence-electron chi connectivity index (χ4n) is 4.00. The number of rotatable bonds is 2. The minimum Gasteiger partial charge on any atom is -0.483 e. The maximum absolute atomic E-state index is 6.38. The van der Waals surface area contributed by atoms with Crippen LogP contribution in [0.3, 0.4) is 0 Å². The molecule has 0 N–H and O–H groups in total. The second-order valence-corrected chi connectivity index (χ2v) is 6.98. The number of fused-ring (bicyclic) bond motifs is 2. The van der Waals surface area contributed by atoms with Gasteiger partial charge in [-0.1, -0.05) is 24.3 Å². The van der Waals surface area contributed by atoms with Gasteiger partial charge in [-0.25, -0.2) is 0 Å². The van der Waals surface area contributed by atoms with Crippen LogP contribution in [0, 0.1) is 11.8 Å². The Hall–Kier alpha value is -1.58. The average Bonchev–Trinajstić information content (AvgIpc) is 2.75. The predicted molar refractivity (Wildman–Crippen MR) is 101 cm³/mol. The third-order valence-electron chi connectivity index (χ3n) is 5.16. The van der Waals surface area contributed by atoms with Crippen molar-refractivity contribution in [1.29, 1.82) is 0 Å². The van der Waals surface area contributed by atoms with Crippen molar-refractivity contribution >= 4 is 18.6 Å². The summed E-state index contributed by atoms with van der Waals surface area (Å²) in [6.45, 7) is 2.44. The number of para-hydroxylation sites is 1. The summed E-state index contributed by atoms with van der Waals surface area (Å²) in [7, 11) is 2.23. The lowest BCUT2D eigenvalue weighted by atomic mass is 9.83. The largest absolute Gasteiger partial charge is 0.483 e. The molecule has 128 valence electrons. The highest BCUT2D eigenvalue weighted by Crippen LogP contribution is 2.35. The van der Waals surface area contributed by atoms with Gasteiger partial charge in [-0.15, -0.1) is 12.4 Å². The lowest BCUT2D eigenvalue weighted by Gasteiger charge is -2.34. The molecule has 3 atom stereocenters. The fraction of sp³-hybridized carbons (Fsp3) is 0.450. The quantitative estimate of drug-likeness (QED) is 0.807. The van der Waals surface area contributed by atoms with E-state index < -0.39 is 0 Å². The van der Waals surface area contributed by atoms with Gasteiger partial charge in [-0.05, 0) is 57.0 Å². The number of nitrogens with zero attached hydrogens (tertiary/aromatic N) is 2. The van der Waals surface area contributed by atoms with E-state index in [1.807, 2.05) is 24.4 Å². The second-order valence-electron chi connectivity index (χ2n) is 6.98. The number of allylic oxidation sites excluding steroid dienone is 2. The van der Waals surface area contributed by atoms with Gasteiger partial charge in [0.15, 0.2) is 0 Å². The number of ether oxygens (including phenoxy) is 1. The molecule has 0 amide bonds. The molecule has 3 unspecified atom stereocenters. The Morgan fingerprint density at radius 1 is 1.29 bits per heavy atom. The Labute approximate surface area is 150 Å². The van der Waals surface area contributed by atoms with E-state index >= 15 is 0 Å². The van der Waals surface area contributed by atoms with Crippen molar-refractivity contribution in [3.63, 3.8) is 0 Å². The number of benzene rings is 1. The van der Waals surface area contributed by atoms with Crippen molar-refractivity contribution < 1.29 is 4.74 Å². The normalized spacial score (nSPS) is 28.7. The molecule has 3 nitrogen and oxygen atoms in total. The zero-order valence-corrected chi connectivity index (χ0v) is 14.9. The molecular formula is C20H25ClN2O. The minimum atomic E-state index is 0. The highest BCUT2D eigenvalue weighted by Gasteiger charge is 2.32. The number of hydrogen-bond acceptors (Lipinski definition) is 3. The molecule has 1 aromatic rings. The van der Waals surface area contributed by atoms with Gasteiger partial charge in [0.05, 0.1) is 5.70 Å². The van der Waals surface area contributed by atoms with Gasteiger partial charge < -0.3 is 9.64 Å². The van der Waals surface area contributed by atoms with E-state index in [1.54, 1.807) is 0 Å². The number of aliphatic imine (C=N–C) groups is 1.